The van der Waals surface area contributed by atoms with Crippen LogP contribution in [-0.2, 0) is 38.5 Å². The summed E-state index contributed by atoms with van der Waals surface area (Å²) in [6.07, 6.45) is 16.2. The normalized spacial score (nSPS) is 15.2. The van der Waals surface area contributed by atoms with Crippen molar-refractivity contribution in [1.29, 1.82) is 0 Å². The highest BCUT2D eigenvalue weighted by molar-refractivity contribution is 5.56. The van der Waals surface area contributed by atoms with Gasteiger partial charge in [0.05, 0.1) is 0 Å². The van der Waals surface area contributed by atoms with Crippen LogP contribution in [0, 0.1) is 25.7 Å². The summed E-state index contributed by atoms with van der Waals surface area (Å²) in [7, 11) is 0. The summed E-state index contributed by atoms with van der Waals surface area (Å²) in [4.78, 5) is 0. The summed E-state index contributed by atoms with van der Waals surface area (Å²) >= 11 is 0. The van der Waals surface area contributed by atoms with Gasteiger partial charge < -0.3 is 40.9 Å². The van der Waals surface area contributed by atoms with E-state index in [1.807, 2.05) is 76.2 Å². The van der Waals surface area contributed by atoms with E-state index in [0.717, 1.165) is 118 Å². The lowest BCUT2D eigenvalue weighted by molar-refractivity contribution is 0.298. The number of phenolic OH excluding ortho intramolecular Hbond substituents is 4. The summed E-state index contributed by atoms with van der Waals surface area (Å²) in [5, 5.41) is 82.6. The van der Waals surface area contributed by atoms with Gasteiger partial charge in [-0.25, -0.2) is 0 Å². The maximum atomic E-state index is 11.3. The molecule has 2 fully saturated rings. The molecule has 0 heterocycles. The highest BCUT2D eigenvalue weighted by Crippen LogP contribution is 2.49. The highest BCUT2D eigenvalue weighted by atomic mass is 16.3. The lowest BCUT2D eigenvalue weighted by atomic mass is 9.72. The van der Waals surface area contributed by atoms with Crippen LogP contribution in [0.1, 0.15) is 163 Å². The van der Waals surface area contributed by atoms with E-state index in [-0.39, 0.29) is 49.8 Å². The van der Waals surface area contributed by atoms with Gasteiger partial charge in [-0.2, -0.15) is 0 Å². The zero-order valence-corrected chi connectivity index (χ0v) is 37.4. The third kappa shape index (κ3) is 11.9. The molecule has 0 unspecified atom stereocenters. The Bertz CT molecular complexity index is 1880. The van der Waals surface area contributed by atoms with Gasteiger partial charge in [0.15, 0.2) is 0 Å². The molecule has 6 rings (SSSR count). The van der Waals surface area contributed by atoms with Crippen LogP contribution in [0.5, 0.6) is 23.0 Å². The summed E-state index contributed by atoms with van der Waals surface area (Å²) in [5.74, 6) is 1.68. The number of rotatable bonds is 16. The molecular formula is C53H74O8. The molecule has 8 heteroatoms. The molecule has 0 radical (unpaired) electrons. The van der Waals surface area contributed by atoms with Crippen LogP contribution < -0.4 is 0 Å². The molecule has 2 aliphatic carbocycles. The van der Waals surface area contributed by atoms with E-state index < -0.39 is 0 Å². The SMILES string of the molecule is CCc1cc(CCO)cc(C(c2cc(CCO)cc(CC)c2O)C2CCCCCC2)c1O.Cc1cc(CCO)cc(C(c2cc(CCO)cc(C)c2O)C2CCCCC2)c1O. The van der Waals surface area contributed by atoms with Crippen LogP contribution in [-0.4, -0.2) is 67.3 Å². The molecule has 0 spiro atoms. The van der Waals surface area contributed by atoms with Crippen molar-refractivity contribution in [3.63, 3.8) is 0 Å². The smallest absolute Gasteiger partial charge is 0.122 e. The quantitative estimate of drug-likeness (QED) is 0.0518. The fourth-order valence-electron chi connectivity index (χ4n) is 10.4. The molecule has 2 aliphatic rings. The lowest BCUT2D eigenvalue weighted by Gasteiger charge is -2.33. The highest BCUT2D eigenvalue weighted by Gasteiger charge is 2.33. The van der Waals surface area contributed by atoms with Crippen molar-refractivity contribution in [2.45, 2.75) is 149 Å². The molecule has 4 aromatic rings. The van der Waals surface area contributed by atoms with Crippen LogP contribution in [0.4, 0.5) is 0 Å². The third-order valence-corrected chi connectivity index (χ3v) is 13.5. The maximum absolute atomic E-state index is 11.3. The van der Waals surface area contributed by atoms with Crippen molar-refractivity contribution in [3.8, 4) is 23.0 Å². The molecule has 4 aromatic carbocycles. The molecule has 0 aliphatic heterocycles. The maximum Gasteiger partial charge on any atom is 0.122 e. The first-order valence-electron chi connectivity index (χ1n) is 23.3. The Kier molecular flexibility index (Phi) is 18.4. The summed E-state index contributed by atoms with van der Waals surface area (Å²) < 4.78 is 0. The molecule has 0 aromatic heterocycles. The second-order valence-electron chi connectivity index (χ2n) is 17.8. The van der Waals surface area contributed by atoms with Crippen LogP contribution >= 0.6 is 0 Å². The average molecular weight is 839 g/mol. The predicted octanol–water partition coefficient (Wildman–Crippen LogP) is 9.89. The van der Waals surface area contributed by atoms with Gasteiger partial charge in [0.1, 0.15) is 23.0 Å². The first-order valence-corrected chi connectivity index (χ1v) is 23.3. The Morgan fingerprint density at radius 1 is 0.410 bits per heavy atom. The second kappa shape index (κ2) is 23.4. The van der Waals surface area contributed by atoms with E-state index in [9.17, 15) is 40.9 Å². The number of hydrogen-bond acceptors (Lipinski definition) is 8. The number of aromatic hydroxyl groups is 4. The predicted molar refractivity (Wildman–Crippen MR) is 245 cm³/mol. The van der Waals surface area contributed by atoms with E-state index in [0.29, 0.717) is 61.9 Å². The van der Waals surface area contributed by atoms with Gasteiger partial charge in [-0.15, -0.1) is 0 Å². The van der Waals surface area contributed by atoms with Gasteiger partial charge in [-0.05, 0) is 134 Å². The van der Waals surface area contributed by atoms with Gasteiger partial charge in [0.2, 0.25) is 0 Å². The zero-order valence-electron chi connectivity index (χ0n) is 37.4. The van der Waals surface area contributed by atoms with Crippen molar-refractivity contribution < 1.29 is 40.9 Å². The van der Waals surface area contributed by atoms with E-state index >= 15 is 0 Å². The van der Waals surface area contributed by atoms with Crippen molar-refractivity contribution in [2.75, 3.05) is 26.4 Å². The van der Waals surface area contributed by atoms with Gasteiger partial charge in [-0.1, -0.05) is 107 Å². The van der Waals surface area contributed by atoms with E-state index in [4.69, 9.17) is 0 Å². The van der Waals surface area contributed by atoms with Crippen molar-refractivity contribution in [3.05, 3.63) is 115 Å². The van der Waals surface area contributed by atoms with Gasteiger partial charge >= 0.3 is 0 Å². The van der Waals surface area contributed by atoms with Crippen LogP contribution in [0.2, 0.25) is 0 Å². The van der Waals surface area contributed by atoms with E-state index in [1.165, 1.54) is 19.3 Å². The minimum Gasteiger partial charge on any atom is -0.507 e. The lowest BCUT2D eigenvalue weighted by Crippen LogP contribution is -2.19. The van der Waals surface area contributed by atoms with Crippen LogP contribution in [0.3, 0.4) is 0 Å². The Labute approximate surface area is 365 Å². The van der Waals surface area contributed by atoms with Crippen LogP contribution in [0.15, 0.2) is 48.5 Å². The molecule has 2 saturated carbocycles. The zero-order chi connectivity index (χ0) is 44.1. The molecule has 61 heavy (non-hydrogen) atoms. The third-order valence-electron chi connectivity index (χ3n) is 13.5. The first kappa shape index (κ1) is 48.0. The Morgan fingerprint density at radius 3 is 0.984 bits per heavy atom. The van der Waals surface area contributed by atoms with Gasteiger partial charge in [0.25, 0.3) is 0 Å². The Hall–Kier alpha value is -4.08. The fourth-order valence-corrected chi connectivity index (χ4v) is 10.4. The summed E-state index contributed by atoms with van der Waals surface area (Å²) in [6.45, 7) is 8.13. The number of aryl methyl sites for hydroxylation is 4. The second-order valence-corrected chi connectivity index (χ2v) is 17.8. The summed E-state index contributed by atoms with van der Waals surface area (Å²) in [5.41, 5.74) is 10.9. The van der Waals surface area contributed by atoms with Crippen molar-refractivity contribution in [2.24, 2.45) is 11.8 Å². The number of phenols is 4. The molecular weight excluding hydrogens is 765 g/mol. The summed E-state index contributed by atoms with van der Waals surface area (Å²) in [6, 6.07) is 16.0. The standard InChI is InChI=1S/C28H40O4.C25H34O4/c1-3-21-15-19(11-13-29)17-24(27(21)31)26(23-9-7-5-6-8-10-23)25-18-20(12-14-30)16-22(4-2)28(25)32;1-16-12-18(8-10-26)14-21(24(16)28)23(20-6-4-3-5-7-20)22-15-19(9-11-27)13-17(2)25(22)29/h15-18,23,26,29-32H,3-14H2,1-2H3;12-15,20,23,26-29H,3-11H2,1-2H3. The minimum atomic E-state index is -0.110. The molecule has 0 saturated heterocycles. The molecule has 0 atom stereocenters. The van der Waals surface area contributed by atoms with E-state index in [1.54, 1.807) is 0 Å². The fraction of sp³-hybridized carbons (Fsp3) is 0.547. The largest absolute Gasteiger partial charge is 0.507 e. The Morgan fingerprint density at radius 2 is 0.689 bits per heavy atom. The topological polar surface area (TPSA) is 162 Å². The van der Waals surface area contributed by atoms with Gasteiger partial charge in [0, 0.05) is 60.5 Å². The molecule has 8 N–H and O–H groups in total. The first-order chi connectivity index (χ1) is 29.5. The number of hydrogen-bond donors (Lipinski definition) is 8. The van der Waals surface area contributed by atoms with E-state index in [2.05, 4.69) is 0 Å². The molecule has 8 nitrogen and oxygen atoms in total. The minimum absolute atomic E-state index is 0.0636. The number of aliphatic hydroxyl groups is 4. The number of aliphatic hydroxyl groups excluding tert-OH is 4. The van der Waals surface area contributed by atoms with Crippen LogP contribution in [0.25, 0.3) is 0 Å². The van der Waals surface area contributed by atoms with Crippen molar-refractivity contribution >= 4 is 0 Å². The van der Waals surface area contributed by atoms with Crippen molar-refractivity contribution in [1.82, 2.24) is 0 Å². The van der Waals surface area contributed by atoms with Gasteiger partial charge in [-0.3, -0.25) is 0 Å². The average Bonchev–Trinajstić information content (AvgIpc) is 3.54. The molecule has 334 valence electrons. The Balaban J connectivity index is 0.000000232. The number of benzene rings is 4. The molecule has 0 amide bonds. The monoisotopic (exact) mass is 839 g/mol. The molecule has 0 bridgehead atoms.